The second-order valence-corrected chi connectivity index (χ2v) is 6.28. The minimum absolute atomic E-state index is 0.176. The first-order valence-electron chi connectivity index (χ1n) is 7.40. The number of nitrogens with zero attached hydrogens (tertiary/aromatic N) is 3. The highest BCUT2D eigenvalue weighted by Gasteiger charge is 2.41. The lowest BCUT2D eigenvalue weighted by Crippen LogP contribution is -2.48. The molecule has 0 aromatic carbocycles. The zero-order chi connectivity index (χ0) is 14.8. The van der Waals surface area contributed by atoms with Crippen molar-refractivity contribution in [2.75, 3.05) is 13.6 Å². The lowest BCUT2D eigenvalue weighted by Gasteiger charge is -2.39. The second-order valence-electron chi connectivity index (χ2n) is 6.28. The number of hydrogen-bond acceptors (Lipinski definition) is 3. The van der Waals surface area contributed by atoms with Crippen molar-refractivity contribution in [3.05, 3.63) is 18.2 Å². The molecule has 0 spiro atoms. The lowest BCUT2D eigenvalue weighted by atomic mass is 9.70. The Kier molecular flexibility index (Phi) is 4.48. The molecule has 5 nitrogen and oxygen atoms in total. The van der Waals surface area contributed by atoms with E-state index in [4.69, 9.17) is 5.73 Å². The standard InChI is InChI=1S/C15H26N4O/c1-12-4-6-15(11-16,7-5-12)14(20)19(3)10-13-17-8-9-18(13)2/h8-9,12H,4-7,10-11,16H2,1-3H3. The van der Waals surface area contributed by atoms with Crippen molar-refractivity contribution < 1.29 is 4.79 Å². The predicted octanol–water partition coefficient (Wildman–Crippen LogP) is 1.53. The van der Waals surface area contributed by atoms with Crippen LogP contribution in [-0.4, -0.2) is 34.0 Å². The molecule has 0 bridgehead atoms. The quantitative estimate of drug-likeness (QED) is 0.908. The second kappa shape index (κ2) is 5.95. The molecule has 2 rings (SSSR count). The van der Waals surface area contributed by atoms with Gasteiger partial charge in [-0.05, 0) is 31.6 Å². The van der Waals surface area contributed by atoms with Gasteiger partial charge in [-0.1, -0.05) is 6.92 Å². The van der Waals surface area contributed by atoms with Crippen molar-refractivity contribution in [1.29, 1.82) is 0 Å². The lowest BCUT2D eigenvalue weighted by molar-refractivity contribution is -0.143. The summed E-state index contributed by atoms with van der Waals surface area (Å²) in [5.41, 5.74) is 5.60. The topological polar surface area (TPSA) is 64.2 Å². The van der Waals surface area contributed by atoms with Gasteiger partial charge < -0.3 is 15.2 Å². The van der Waals surface area contributed by atoms with Gasteiger partial charge in [-0.25, -0.2) is 4.98 Å². The first-order chi connectivity index (χ1) is 9.48. The highest BCUT2D eigenvalue weighted by atomic mass is 16.2. The Labute approximate surface area is 121 Å². The van der Waals surface area contributed by atoms with Crippen LogP contribution >= 0.6 is 0 Å². The zero-order valence-electron chi connectivity index (χ0n) is 12.8. The smallest absolute Gasteiger partial charge is 0.230 e. The molecular formula is C15H26N4O. The summed E-state index contributed by atoms with van der Waals surface area (Å²) < 4.78 is 1.95. The molecule has 0 saturated heterocycles. The third kappa shape index (κ3) is 2.87. The van der Waals surface area contributed by atoms with Crippen molar-refractivity contribution in [2.45, 2.75) is 39.2 Å². The minimum atomic E-state index is -0.355. The SMILES string of the molecule is CC1CCC(CN)(C(=O)N(C)Cc2nccn2C)CC1. The molecule has 0 aliphatic heterocycles. The summed E-state index contributed by atoms with van der Waals surface area (Å²) in [5, 5.41) is 0. The number of rotatable bonds is 4. The molecule has 1 fully saturated rings. The normalized spacial score (nSPS) is 26.5. The van der Waals surface area contributed by atoms with Gasteiger partial charge in [-0.2, -0.15) is 0 Å². The summed E-state index contributed by atoms with van der Waals surface area (Å²) in [6.45, 7) is 3.24. The van der Waals surface area contributed by atoms with Gasteiger partial charge in [0, 0.05) is 33.0 Å². The Balaban J connectivity index is 2.06. The Morgan fingerprint density at radius 3 is 2.70 bits per heavy atom. The van der Waals surface area contributed by atoms with E-state index in [1.165, 1.54) is 0 Å². The third-order valence-electron chi connectivity index (χ3n) is 4.72. The Hall–Kier alpha value is -1.36. The Morgan fingerprint density at radius 2 is 2.20 bits per heavy atom. The molecule has 0 atom stereocenters. The highest BCUT2D eigenvalue weighted by molar-refractivity contribution is 5.82. The summed E-state index contributed by atoms with van der Waals surface area (Å²) in [6.07, 6.45) is 7.67. The number of hydrogen-bond donors (Lipinski definition) is 1. The zero-order valence-corrected chi connectivity index (χ0v) is 12.8. The molecule has 1 saturated carbocycles. The van der Waals surface area contributed by atoms with Gasteiger partial charge in [0.1, 0.15) is 5.82 Å². The van der Waals surface area contributed by atoms with Crippen LogP contribution < -0.4 is 5.73 Å². The van der Waals surface area contributed by atoms with Crippen LogP contribution in [-0.2, 0) is 18.4 Å². The van der Waals surface area contributed by atoms with Crippen LogP contribution in [0.1, 0.15) is 38.4 Å². The number of nitrogens with two attached hydrogens (primary N) is 1. The molecule has 1 aliphatic rings. The van der Waals surface area contributed by atoms with Crippen LogP contribution in [0, 0.1) is 11.3 Å². The third-order valence-corrected chi connectivity index (χ3v) is 4.72. The monoisotopic (exact) mass is 278 g/mol. The maximum absolute atomic E-state index is 12.8. The molecule has 5 heteroatoms. The molecule has 1 aromatic heterocycles. The molecule has 112 valence electrons. The average molecular weight is 278 g/mol. The fourth-order valence-electron chi connectivity index (χ4n) is 3.06. The fourth-order valence-corrected chi connectivity index (χ4v) is 3.06. The molecule has 1 amide bonds. The first-order valence-corrected chi connectivity index (χ1v) is 7.40. The number of amides is 1. The van der Waals surface area contributed by atoms with Gasteiger partial charge in [0.15, 0.2) is 0 Å². The van der Waals surface area contributed by atoms with Gasteiger partial charge in [0.05, 0.1) is 12.0 Å². The van der Waals surface area contributed by atoms with E-state index in [0.717, 1.165) is 31.5 Å². The van der Waals surface area contributed by atoms with Gasteiger partial charge in [-0.3, -0.25) is 4.79 Å². The van der Waals surface area contributed by atoms with E-state index in [2.05, 4.69) is 11.9 Å². The highest BCUT2D eigenvalue weighted by Crippen LogP contribution is 2.39. The minimum Gasteiger partial charge on any atom is -0.338 e. The van der Waals surface area contributed by atoms with Crippen LogP contribution in [0.3, 0.4) is 0 Å². The summed E-state index contributed by atoms with van der Waals surface area (Å²) in [4.78, 5) is 18.9. The van der Waals surface area contributed by atoms with E-state index in [-0.39, 0.29) is 11.3 Å². The van der Waals surface area contributed by atoms with Crippen molar-refractivity contribution in [1.82, 2.24) is 14.5 Å². The van der Waals surface area contributed by atoms with Crippen LogP contribution in [0.4, 0.5) is 0 Å². The van der Waals surface area contributed by atoms with Gasteiger partial charge >= 0.3 is 0 Å². The molecule has 1 heterocycles. The number of carbonyl (C=O) groups is 1. The van der Waals surface area contributed by atoms with Gasteiger partial charge in [-0.15, -0.1) is 0 Å². The average Bonchev–Trinajstić information content (AvgIpc) is 2.85. The van der Waals surface area contributed by atoms with Crippen LogP contribution in [0.2, 0.25) is 0 Å². The van der Waals surface area contributed by atoms with Crippen LogP contribution in [0.25, 0.3) is 0 Å². The van der Waals surface area contributed by atoms with Crippen LogP contribution in [0.5, 0.6) is 0 Å². The summed E-state index contributed by atoms with van der Waals surface area (Å²) >= 11 is 0. The summed E-state index contributed by atoms with van der Waals surface area (Å²) in [7, 11) is 3.80. The van der Waals surface area contributed by atoms with Crippen molar-refractivity contribution in [3.63, 3.8) is 0 Å². The van der Waals surface area contributed by atoms with E-state index in [1.54, 1.807) is 11.1 Å². The maximum Gasteiger partial charge on any atom is 0.230 e. The molecule has 2 N–H and O–H groups in total. The summed E-state index contributed by atoms with van der Waals surface area (Å²) in [5.74, 6) is 1.79. The van der Waals surface area contributed by atoms with Gasteiger partial charge in [0.2, 0.25) is 5.91 Å². The first kappa shape index (κ1) is 15.0. The van der Waals surface area contributed by atoms with E-state index in [1.807, 2.05) is 24.9 Å². The maximum atomic E-state index is 12.8. The summed E-state index contributed by atoms with van der Waals surface area (Å²) in [6, 6.07) is 0. The number of aryl methyl sites for hydroxylation is 1. The fraction of sp³-hybridized carbons (Fsp3) is 0.733. The molecule has 0 unspecified atom stereocenters. The van der Waals surface area contributed by atoms with Crippen molar-refractivity contribution in [3.8, 4) is 0 Å². The van der Waals surface area contributed by atoms with E-state index < -0.39 is 0 Å². The predicted molar refractivity (Wildman–Crippen MR) is 78.8 cm³/mol. The largest absolute Gasteiger partial charge is 0.338 e. The van der Waals surface area contributed by atoms with Crippen molar-refractivity contribution in [2.24, 2.45) is 24.1 Å². The van der Waals surface area contributed by atoms with E-state index in [9.17, 15) is 4.79 Å². The Morgan fingerprint density at radius 1 is 1.55 bits per heavy atom. The number of carbonyl (C=O) groups excluding carboxylic acids is 1. The molecule has 1 aliphatic carbocycles. The van der Waals surface area contributed by atoms with E-state index >= 15 is 0 Å². The number of imidazole rings is 1. The number of aromatic nitrogens is 2. The molecule has 20 heavy (non-hydrogen) atoms. The molecular weight excluding hydrogens is 252 g/mol. The Bertz CT molecular complexity index is 460. The molecule has 0 radical (unpaired) electrons. The van der Waals surface area contributed by atoms with Gasteiger partial charge in [0.25, 0.3) is 0 Å². The van der Waals surface area contributed by atoms with Crippen molar-refractivity contribution >= 4 is 5.91 Å². The van der Waals surface area contributed by atoms with Crippen LogP contribution in [0.15, 0.2) is 12.4 Å². The van der Waals surface area contributed by atoms with E-state index in [0.29, 0.717) is 19.0 Å². The molecule has 1 aromatic rings.